The number of likely N-dealkylation sites (tertiary alicyclic amines) is 1. The van der Waals surface area contributed by atoms with Gasteiger partial charge in [-0.05, 0) is 55.0 Å². The number of rotatable bonds is 7. The molecule has 0 bridgehead atoms. The first-order valence-corrected chi connectivity index (χ1v) is 11.7. The fourth-order valence-corrected chi connectivity index (χ4v) is 4.44. The van der Waals surface area contributed by atoms with E-state index in [0.717, 1.165) is 44.3 Å². The summed E-state index contributed by atoms with van der Waals surface area (Å²) in [5.41, 5.74) is 2.50. The maximum absolute atomic E-state index is 13.6. The molecule has 0 spiro atoms. The summed E-state index contributed by atoms with van der Waals surface area (Å²) in [6, 6.07) is 15.9. The van der Waals surface area contributed by atoms with E-state index in [1.807, 2.05) is 37.3 Å². The third-order valence-electron chi connectivity index (χ3n) is 6.19. The average Bonchev–Trinajstić information content (AvgIpc) is 3.09. The van der Waals surface area contributed by atoms with Crippen molar-refractivity contribution in [2.45, 2.75) is 39.5 Å². The predicted octanol–water partition coefficient (Wildman–Crippen LogP) is 4.66. The number of nitrogens with zero attached hydrogens (tertiary/aromatic N) is 2. The monoisotopic (exact) mass is 446 g/mol. The molecule has 1 fully saturated rings. The molecule has 2 aliphatic rings. The van der Waals surface area contributed by atoms with Crippen LogP contribution in [0.3, 0.4) is 0 Å². The highest BCUT2D eigenvalue weighted by atomic mass is 16.5. The highest BCUT2D eigenvalue weighted by molar-refractivity contribution is 6.45. The van der Waals surface area contributed by atoms with E-state index in [1.54, 1.807) is 24.3 Å². The van der Waals surface area contributed by atoms with Crippen molar-refractivity contribution in [3.8, 4) is 0 Å². The lowest BCUT2D eigenvalue weighted by Crippen LogP contribution is -2.39. The Morgan fingerprint density at radius 1 is 1.03 bits per heavy atom. The minimum absolute atomic E-state index is 0.314. The Bertz CT molecular complexity index is 1060. The second-order valence-electron chi connectivity index (χ2n) is 8.77. The number of benzene rings is 2. The number of anilines is 1. The molecule has 2 heterocycles. The first kappa shape index (κ1) is 22.8. The number of carbonyl (C=O) groups excluding carboxylic acids is 3. The molecule has 1 saturated heterocycles. The number of esters is 1. The molecule has 33 heavy (non-hydrogen) atoms. The zero-order valence-electron chi connectivity index (χ0n) is 19.3. The van der Waals surface area contributed by atoms with Crippen molar-refractivity contribution in [3.63, 3.8) is 0 Å². The topological polar surface area (TPSA) is 66.9 Å². The number of carbonyl (C=O) groups is 3. The van der Waals surface area contributed by atoms with E-state index in [-0.39, 0.29) is 11.8 Å². The van der Waals surface area contributed by atoms with Crippen molar-refractivity contribution in [1.29, 1.82) is 0 Å². The number of amides is 2. The maximum Gasteiger partial charge on any atom is 0.338 e. The normalized spacial score (nSPS) is 18.8. The van der Waals surface area contributed by atoms with Crippen molar-refractivity contribution < 1.29 is 19.1 Å². The van der Waals surface area contributed by atoms with Crippen LogP contribution in [0.2, 0.25) is 0 Å². The predicted molar refractivity (Wildman–Crippen MR) is 127 cm³/mol. The molecule has 172 valence electrons. The Labute approximate surface area is 194 Å². The van der Waals surface area contributed by atoms with Crippen LogP contribution in [-0.2, 0) is 14.3 Å². The van der Waals surface area contributed by atoms with Gasteiger partial charge in [-0.15, -0.1) is 0 Å². The third-order valence-corrected chi connectivity index (χ3v) is 6.19. The van der Waals surface area contributed by atoms with Crippen LogP contribution in [0.15, 0.2) is 60.3 Å². The molecule has 0 aromatic heterocycles. The molecule has 0 saturated carbocycles. The standard InChI is InChI=1S/C27H30N2O4/c1-3-4-17-33-27(32)21-12-14-22(15-13-21)29-25(30)23(20-10-6-5-7-11-20)24(26(29)31)28-16-8-9-19(2)18-28/h5-7,10-15,19H,3-4,8-9,16-18H2,1-2H3. The van der Waals surface area contributed by atoms with Crippen molar-refractivity contribution in [1.82, 2.24) is 4.90 Å². The Morgan fingerprint density at radius 3 is 2.42 bits per heavy atom. The lowest BCUT2D eigenvalue weighted by Gasteiger charge is -2.33. The van der Waals surface area contributed by atoms with E-state index in [2.05, 4.69) is 11.8 Å². The molecule has 0 N–H and O–H groups in total. The van der Waals surface area contributed by atoms with Crippen LogP contribution in [0.25, 0.3) is 5.57 Å². The number of ether oxygens (including phenoxy) is 1. The smallest absolute Gasteiger partial charge is 0.338 e. The van der Waals surface area contributed by atoms with Gasteiger partial charge < -0.3 is 9.64 Å². The number of piperidine rings is 1. The van der Waals surface area contributed by atoms with Gasteiger partial charge in [0.2, 0.25) is 0 Å². The van der Waals surface area contributed by atoms with E-state index < -0.39 is 5.97 Å². The van der Waals surface area contributed by atoms with E-state index in [0.29, 0.717) is 35.0 Å². The van der Waals surface area contributed by atoms with Crippen LogP contribution >= 0.6 is 0 Å². The van der Waals surface area contributed by atoms with Crippen LogP contribution in [0, 0.1) is 5.92 Å². The first-order chi connectivity index (χ1) is 16.0. The third kappa shape index (κ3) is 4.70. The second kappa shape index (κ2) is 10.0. The van der Waals surface area contributed by atoms with E-state index in [9.17, 15) is 14.4 Å². The molecule has 4 rings (SSSR count). The van der Waals surface area contributed by atoms with Crippen LogP contribution in [-0.4, -0.2) is 42.4 Å². The summed E-state index contributed by atoms with van der Waals surface area (Å²) in [6.07, 6.45) is 3.86. The molecular formula is C27H30N2O4. The molecule has 1 unspecified atom stereocenters. The van der Waals surface area contributed by atoms with E-state index in [1.165, 1.54) is 4.90 Å². The Kier molecular flexibility index (Phi) is 6.92. The number of unbranched alkanes of at least 4 members (excludes halogenated alkanes) is 1. The van der Waals surface area contributed by atoms with E-state index in [4.69, 9.17) is 4.74 Å². The fraction of sp³-hybridized carbons (Fsp3) is 0.370. The molecule has 0 aliphatic carbocycles. The molecule has 2 aliphatic heterocycles. The van der Waals surface area contributed by atoms with Gasteiger partial charge in [0.15, 0.2) is 0 Å². The van der Waals surface area contributed by atoms with Gasteiger partial charge >= 0.3 is 5.97 Å². The first-order valence-electron chi connectivity index (χ1n) is 11.7. The highest BCUT2D eigenvalue weighted by Gasteiger charge is 2.43. The van der Waals surface area contributed by atoms with Gasteiger partial charge in [-0.3, -0.25) is 9.59 Å². The van der Waals surface area contributed by atoms with Gasteiger partial charge in [0.1, 0.15) is 5.70 Å². The number of imide groups is 1. The molecule has 1 atom stereocenters. The summed E-state index contributed by atoms with van der Waals surface area (Å²) in [5.74, 6) is -0.595. The van der Waals surface area contributed by atoms with Crippen LogP contribution in [0.1, 0.15) is 55.5 Å². The van der Waals surface area contributed by atoms with Gasteiger partial charge in [0.25, 0.3) is 11.8 Å². The molecule has 6 heteroatoms. The summed E-state index contributed by atoms with van der Waals surface area (Å²) in [7, 11) is 0. The molecule has 2 amide bonds. The van der Waals surface area contributed by atoms with Crippen LogP contribution in [0.4, 0.5) is 5.69 Å². The highest BCUT2D eigenvalue weighted by Crippen LogP contribution is 2.36. The second-order valence-corrected chi connectivity index (χ2v) is 8.77. The lowest BCUT2D eigenvalue weighted by atomic mass is 9.98. The van der Waals surface area contributed by atoms with E-state index >= 15 is 0 Å². The number of hydrogen-bond donors (Lipinski definition) is 0. The van der Waals surface area contributed by atoms with Gasteiger partial charge in [-0.1, -0.05) is 50.6 Å². The zero-order valence-corrected chi connectivity index (χ0v) is 19.3. The van der Waals surface area contributed by atoms with Gasteiger partial charge in [-0.25, -0.2) is 9.69 Å². The Morgan fingerprint density at radius 2 is 1.76 bits per heavy atom. The number of hydrogen-bond acceptors (Lipinski definition) is 5. The van der Waals surface area contributed by atoms with Crippen LogP contribution < -0.4 is 4.90 Å². The summed E-state index contributed by atoms with van der Waals surface area (Å²) in [6.45, 7) is 6.09. The summed E-state index contributed by atoms with van der Waals surface area (Å²) < 4.78 is 5.26. The molecule has 2 aromatic rings. The SMILES string of the molecule is CCCCOC(=O)c1ccc(N2C(=O)C(c3ccccc3)=C(N3CCCC(C)C3)C2=O)cc1. The molecule has 6 nitrogen and oxygen atoms in total. The Balaban J connectivity index is 1.64. The van der Waals surface area contributed by atoms with Gasteiger partial charge in [-0.2, -0.15) is 0 Å². The molecular weight excluding hydrogens is 416 g/mol. The Hall–Kier alpha value is -3.41. The van der Waals surface area contributed by atoms with Crippen molar-refractivity contribution in [2.24, 2.45) is 5.92 Å². The minimum atomic E-state index is -0.403. The summed E-state index contributed by atoms with van der Waals surface area (Å²) in [5, 5.41) is 0. The maximum atomic E-state index is 13.6. The minimum Gasteiger partial charge on any atom is -0.462 e. The van der Waals surface area contributed by atoms with Gasteiger partial charge in [0, 0.05) is 13.1 Å². The summed E-state index contributed by atoms with van der Waals surface area (Å²) in [4.78, 5) is 42.7. The molecule has 0 radical (unpaired) electrons. The zero-order chi connectivity index (χ0) is 23.4. The van der Waals surface area contributed by atoms with Crippen molar-refractivity contribution in [2.75, 3.05) is 24.6 Å². The van der Waals surface area contributed by atoms with Crippen LogP contribution in [0.5, 0.6) is 0 Å². The molecule has 2 aromatic carbocycles. The largest absolute Gasteiger partial charge is 0.462 e. The lowest BCUT2D eigenvalue weighted by molar-refractivity contribution is -0.120. The quantitative estimate of drug-likeness (QED) is 0.352. The van der Waals surface area contributed by atoms with Crippen molar-refractivity contribution in [3.05, 3.63) is 71.4 Å². The summed E-state index contributed by atoms with van der Waals surface area (Å²) >= 11 is 0. The van der Waals surface area contributed by atoms with Crippen molar-refractivity contribution >= 4 is 29.0 Å². The fourth-order valence-electron chi connectivity index (χ4n) is 4.44. The van der Waals surface area contributed by atoms with Gasteiger partial charge in [0.05, 0.1) is 23.4 Å². The average molecular weight is 447 g/mol.